The monoisotopic (exact) mass is 302 g/mol. The highest BCUT2D eigenvalue weighted by Gasteiger charge is 2.03. The summed E-state index contributed by atoms with van der Waals surface area (Å²) in [5.41, 5.74) is 5.48. The Bertz CT molecular complexity index is 503. The SMILES string of the molecule is Nc1ncc(COc2ccc(Br)c(F)c2)s1. The molecule has 0 aliphatic carbocycles. The van der Waals surface area contributed by atoms with Crippen molar-refractivity contribution in [3.8, 4) is 5.75 Å². The molecule has 84 valence electrons. The van der Waals surface area contributed by atoms with Crippen molar-refractivity contribution < 1.29 is 9.13 Å². The summed E-state index contributed by atoms with van der Waals surface area (Å²) in [4.78, 5) is 4.80. The van der Waals surface area contributed by atoms with Crippen LogP contribution in [0.1, 0.15) is 4.88 Å². The number of hydrogen-bond donors (Lipinski definition) is 1. The van der Waals surface area contributed by atoms with Crippen LogP contribution in [0.15, 0.2) is 28.9 Å². The topological polar surface area (TPSA) is 48.1 Å². The van der Waals surface area contributed by atoms with Crippen molar-refractivity contribution in [1.82, 2.24) is 4.98 Å². The van der Waals surface area contributed by atoms with Gasteiger partial charge < -0.3 is 10.5 Å². The Morgan fingerprint density at radius 3 is 2.94 bits per heavy atom. The lowest BCUT2D eigenvalue weighted by atomic mass is 10.3. The molecule has 0 spiro atoms. The molecule has 0 radical (unpaired) electrons. The van der Waals surface area contributed by atoms with Gasteiger partial charge in [0, 0.05) is 12.3 Å². The molecular weight excluding hydrogens is 295 g/mol. The molecule has 0 fully saturated rings. The number of thiazole rings is 1. The Labute approximate surface area is 104 Å². The predicted octanol–water partition coefficient (Wildman–Crippen LogP) is 3.21. The second kappa shape index (κ2) is 4.80. The number of rotatable bonds is 3. The highest BCUT2D eigenvalue weighted by atomic mass is 79.9. The minimum Gasteiger partial charge on any atom is -0.488 e. The van der Waals surface area contributed by atoms with Gasteiger partial charge in [0.1, 0.15) is 18.2 Å². The maximum Gasteiger partial charge on any atom is 0.180 e. The first-order valence-electron chi connectivity index (χ1n) is 4.43. The van der Waals surface area contributed by atoms with Crippen LogP contribution in [0.5, 0.6) is 5.75 Å². The van der Waals surface area contributed by atoms with Crippen LogP contribution >= 0.6 is 27.3 Å². The van der Waals surface area contributed by atoms with Crippen molar-refractivity contribution in [2.24, 2.45) is 0 Å². The molecule has 2 aromatic rings. The Balaban J connectivity index is 2.02. The van der Waals surface area contributed by atoms with Crippen LogP contribution in [-0.4, -0.2) is 4.98 Å². The second-order valence-corrected chi connectivity index (χ2v) is 5.03. The number of nitrogen functional groups attached to an aromatic ring is 1. The molecule has 6 heteroatoms. The maximum atomic E-state index is 13.2. The molecule has 2 rings (SSSR count). The summed E-state index contributed by atoms with van der Waals surface area (Å²) in [5, 5.41) is 0.501. The highest BCUT2D eigenvalue weighted by Crippen LogP contribution is 2.22. The number of ether oxygens (including phenoxy) is 1. The van der Waals surface area contributed by atoms with E-state index in [4.69, 9.17) is 10.5 Å². The van der Waals surface area contributed by atoms with E-state index in [1.54, 1.807) is 18.3 Å². The van der Waals surface area contributed by atoms with Crippen molar-refractivity contribution in [2.45, 2.75) is 6.61 Å². The molecule has 0 saturated carbocycles. The number of halogens is 2. The molecule has 0 atom stereocenters. The second-order valence-electron chi connectivity index (χ2n) is 3.03. The molecule has 0 saturated heterocycles. The normalized spacial score (nSPS) is 10.4. The Morgan fingerprint density at radius 2 is 2.31 bits per heavy atom. The number of hydrogen-bond acceptors (Lipinski definition) is 4. The molecule has 16 heavy (non-hydrogen) atoms. The largest absolute Gasteiger partial charge is 0.488 e. The van der Waals surface area contributed by atoms with Gasteiger partial charge in [-0.05, 0) is 28.1 Å². The standard InChI is InChI=1S/C10H8BrFN2OS/c11-8-2-1-6(3-9(8)12)15-5-7-4-14-10(13)16-7/h1-4H,5H2,(H2,13,14). The summed E-state index contributed by atoms with van der Waals surface area (Å²) < 4.78 is 19.0. The van der Waals surface area contributed by atoms with E-state index in [2.05, 4.69) is 20.9 Å². The molecule has 0 aliphatic heterocycles. The zero-order valence-electron chi connectivity index (χ0n) is 8.11. The summed E-state index contributed by atoms with van der Waals surface area (Å²) in [6, 6.07) is 4.62. The molecule has 0 amide bonds. The molecule has 2 N–H and O–H groups in total. The maximum absolute atomic E-state index is 13.2. The van der Waals surface area contributed by atoms with Gasteiger partial charge in [-0.25, -0.2) is 9.37 Å². The van der Waals surface area contributed by atoms with E-state index < -0.39 is 0 Å². The van der Waals surface area contributed by atoms with Crippen molar-refractivity contribution in [3.05, 3.63) is 39.6 Å². The fourth-order valence-corrected chi connectivity index (χ4v) is 1.95. The number of aromatic nitrogens is 1. The van der Waals surface area contributed by atoms with E-state index in [1.807, 2.05) is 0 Å². The van der Waals surface area contributed by atoms with Gasteiger partial charge in [-0.15, -0.1) is 0 Å². The van der Waals surface area contributed by atoms with E-state index in [-0.39, 0.29) is 5.82 Å². The summed E-state index contributed by atoms with van der Waals surface area (Å²) in [7, 11) is 0. The van der Waals surface area contributed by atoms with Gasteiger partial charge in [-0.1, -0.05) is 11.3 Å². The zero-order chi connectivity index (χ0) is 11.5. The van der Waals surface area contributed by atoms with Crippen LogP contribution in [0.25, 0.3) is 0 Å². The van der Waals surface area contributed by atoms with E-state index in [9.17, 15) is 4.39 Å². The summed E-state index contributed by atoms with van der Waals surface area (Å²) >= 11 is 4.43. The fraction of sp³-hybridized carbons (Fsp3) is 0.100. The van der Waals surface area contributed by atoms with Crippen LogP contribution in [0.4, 0.5) is 9.52 Å². The van der Waals surface area contributed by atoms with E-state index in [0.717, 1.165) is 4.88 Å². The van der Waals surface area contributed by atoms with E-state index >= 15 is 0 Å². The number of anilines is 1. The van der Waals surface area contributed by atoms with Gasteiger partial charge in [0.2, 0.25) is 0 Å². The molecule has 0 aliphatic rings. The minimum absolute atomic E-state index is 0.343. The van der Waals surface area contributed by atoms with E-state index in [0.29, 0.717) is 22.0 Å². The lowest BCUT2D eigenvalue weighted by Crippen LogP contribution is -1.93. The smallest absolute Gasteiger partial charge is 0.180 e. The first-order valence-corrected chi connectivity index (χ1v) is 6.04. The summed E-state index contributed by atoms with van der Waals surface area (Å²) in [6.07, 6.45) is 1.65. The molecule has 0 unspecified atom stereocenters. The lowest BCUT2D eigenvalue weighted by molar-refractivity contribution is 0.308. The number of nitrogens with zero attached hydrogens (tertiary/aromatic N) is 1. The molecule has 1 aromatic heterocycles. The average molecular weight is 303 g/mol. The van der Waals surface area contributed by atoms with Crippen molar-refractivity contribution in [1.29, 1.82) is 0 Å². The van der Waals surface area contributed by atoms with Gasteiger partial charge in [-0.3, -0.25) is 0 Å². The van der Waals surface area contributed by atoms with Crippen LogP contribution in [0.2, 0.25) is 0 Å². The van der Waals surface area contributed by atoms with Gasteiger partial charge >= 0.3 is 0 Å². The highest BCUT2D eigenvalue weighted by molar-refractivity contribution is 9.10. The first kappa shape index (κ1) is 11.3. The number of benzene rings is 1. The van der Waals surface area contributed by atoms with Crippen LogP contribution in [0.3, 0.4) is 0 Å². The molecule has 3 nitrogen and oxygen atoms in total. The summed E-state index contributed by atoms with van der Waals surface area (Å²) in [5.74, 6) is 0.133. The third-order valence-corrected chi connectivity index (χ3v) is 3.29. The first-order chi connectivity index (χ1) is 7.65. The third-order valence-electron chi connectivity index (χ3n) is 1.84. The summed E-state index contributed by atoms with van der Waals surface area (Å²) in [6.45, 7) is 0.343. The Hall–Kier alpha value is -1.14. The van der Waals surface area contributed by atoms with E-state index in [1.165, 1.54) is 17.4 Å². The van der Waals surface area contributed by atoms with Crippen molar-refractivity contribution in [2.75, 3.05) is 5.73 Å². The van der Waals surface area contributed by atoms with Gasteiger partial charge in [-0.2, -0.15) is 0 Å². The van der Waals surface area contributed by atoms with Crippen molar-refractivity contribution >= 4 is 32.4 Å². The lowest BCUT2D eigenvalue weighted by Gasteiger charge is -2.04. The number of nitrogens with two attached hydrogens (primary N) is 1. The third kappa shape index (κ3) is 2.70. The van der Waals surface area contributed by atoms with Gasteiger partial charge in [0.05, 0.1) is 9.35 Å². The molecular formula is C10H8BrFN2OS. The fourth-order valence-electron chi connectivity index (χ4n) is 1.11. The van der Waals surface area contributed by atoms with Gasteiger partial charge in [0.25, 0.3) is 0 Å². The average Bonchev–Trinajstić information content (AvgIpc) is 2.66. The van der Waals surface area contributed by atoms with Crippen LogP contribution < -0.4 is 10.5 Å². The Kier molecular flexibility index (Phi) is 3.40. The molecule has 1 heterocycles. The molecule has 1 aromatic carbocycles. The van der Waals surface area contributed by atoms with Crippen LogP contribution in [-0.2, 0) is 6.61 Å². The van der Waals surface area contributed by atoms with Crippen molar-refractivity contribution in [3.63, 3.8) is 0 Å². The quantitative estimate of drug-likeness (QED) is 0.947. The predicted molar refractivity (Wildman–Crippen MR) is 65.0 cm³/mol. The van der Waals surface area contributed by atoms with Crippen LogP contribution in [0, 0.1) is 5.82 Å². The van der Waals surface area contributed by atoms with Gasteiger partial charge in [0.15, 0.2) is 5.13 Å². The zero-order valence-corrected chi connectivity index (χ0v) is 10.5. The Morgan fingerprint density at radius 1 is 1.50 bits per heavy atom. The molecule has 0 bridgehead atoms. The minimum atomic E-state index is -0.346.